The van der Waals surface area contributed by atoms with Crippen LogP contribution in [0.25, 0.3) is 0 Å². The second-order valence-electron chi connectivity index (χ2n) is 4.05. The summed E-state index contributed by atoms with van der Waals surface area (Å²) in [5.74, 6) is -0.444. The van der Waals surface area contributed by atoms with Gasteiger partial charge in [0, 0.05) is 17.7 Å². The van der Waals surface area contributed by atoms with Crippen molar-refractivity contribution >= 4 is 29.4 Å². The van der Waals surface area contributed by atoms with E-state index in [-0.39, 0.29) is 10.6 Å². The Hall–Kier alpha value is -2.73. The summed E-state index contributed by atoms with van der Waals surface area (Å²) in [7, 11) is 0. The highest BCUT2D eigenvalue weighted by Gasteiger charge is 2.10. The Morgan fingerprint density at radius 2 is 2.00 bits per heavy atom. The lowest BCUT2D eigenvalue weighted by molar-refractivity contribution is -0.729. The number of rotatable bonds is 4. The third kappa shape index (κ3) is 3.87. The maximum Gasteiger partial charge on any atom is 0.317 e. The number of halogens is 1. The second kappa shape index (κ2) is 6.62. The van der Waals surface area contributed by atoms with Crippen molar-refractivity contribution in [3.05, 3.63) is 69.6 Å². The molecular formula is C14H11ClN3O3+. The summed E-state index contributed by atoms with van der Waals surface area (Å²) in [6.45, 7) is 0. The first-order valence-electron chi connectivity index (χ1n) is 5.92. The Kier molecular flexibility index (Phi) is 4.63. The molecule has 2 aromatic rings. The zero-order chi connectivity index (χ0) is 15.2. The van der Waals surface area contributed by atoms with Crippen molar-refractivity contribution in [1.82, 2.24) is 5.43 Å². The lowest BCUT2D eigenvalue weighted by Crippen LogP contribution is -2.17. The summed E-state index contributed by atoms with van der Waals surface area (Å²) in [6.07, 6.45) is 1.35. The van der Waals surface area contributed by atoms with Crippen LogP contribution in [-0.2, 0) is 0 Å². The van der Waals surface area contributed by atoms with Crippen LogP contribution in [-0.4, -0.2) is 22.3 Å². The van der Waals surface area contributed by atoms with Gasteiger partial charge in [-0.25, -0.2) is 10.6 Å². The summed E-state index contributed by atoms with van der Waals surface area (Å²) in [5, 5.41) is 12.9. The van der Waals surface area contributed by atoms with Crippen molar-refractivity contribution in [2.45, 2.75) is 0 Å². The summed E-state index contributed by atoms with van der Waals surface area (Å²) < 4.78 is 0. The van der Waals surface area contributed by atoms with Gasteiger partial charge in [0.1, 0.15) is 0 Å². The van der Waals surface area contributed by atoms with Crippen LogP contribution in [0.3, 0.4) is 0 Å². The summed E-state index contributed by atoms with van der Waals surface area (Å²) in [4.78, 5) is 22.3. The largest absolute Gasteiger partial charge is 0.317 e. The number of carbonyl (C=O) groups is 1. The van der Waals surface area contributed by atoms with Gasteiger partial charge >= 0.3 is 5.69 Å². The second-order valence-corrected chi connectivity index (χ2v) is 4.45. The number of nitrogens with zero attached hydrogens (tertiary/aromatic N) is 2. The Morgan fingerprint density at radius 3 is 2.71 bits per heavy atom. The number of amides is 1. The van der Waals surface area contributed by atoms with E-state index in [0.717, 1.165) is 0 Å². The smallest absolute Gasteiger partial charge is 0.267 e. The minimum Gasteiger partial charge on any atom is -0.267 e. The van der Waals surface area contributed by atoms with Gasteiger partial charge in [-0.3, -0.25) is 4.79 Å². The molecule has 0 aliphatic rings. The molecule has 6 nitrogen and oxygen atoms in total. The van der Waals surface area contributed by atoms with Gasteiger partial charge in [0.05, 0.1) is 21.7 Å². The first kappa shape index (κ1) is 14.7. The molecule has 21 heavy (non-hydrogen) atoms. The quantitative estimate of drug-likeness (QED) is 0.673. The molecule has 7 heteroatoms. The minimum absolute atomic E-state index is 0.0661. The minimum atomic E-state index is -0.444. The van der Waals surface area contributed by atoms with Crippen LogP contribution in [0.1, 0.15) is 15.9 Å². The molecular weight excluding hydrogens is 294 g/mol. The normalized spacial score (nSPS) is 10.5. The van der Waals surface area contributed by atoms with E-state index in [1.54, 1.807) is 36.4 Å². The molecule has 0 saturated carbocycles. The van der Waals surface area contributed by atoms with Crippen LogP contribution in [0.2, 0.25) is 5.02 Å². The third-order valence-corrected chi connectivity index (χ3v) is 2.92. The number of carbonyl (C=O) groups excluding carboxylic acids is 1. The average Bonchev–Trinajstić information content (AvgIpc) is 2.48. The molecule has 2 aromatic carbocycles. The highest BCUT2D eigenvalue weighted by atomic mass is 35.5. The van der Waals surface area contributed by atoms with Crippen molar-refractivity contribution in [1.29, 1.82) is 0 Å². The molecule has 0 fully saturated rings. The molecule has 0 heterocycles. The van der Waals surface area contributed by atoms with Crippen molar-refractivity contribution in [2.24, 2.45) is 5.10 Å². The Bertz CT molecular complexity index is 716. The van der Waals surface area contributed by atoms with Crippen LogP contribution in [0.5, 0.6) is 0 Å². The first-order chi connectivity index (χ1) is 10.1. The molecule has 0 saturated heterocycles. The van der Waals surface area contributed by atoms with E-state index in [1.165, 1.54) is 18.3 Å². The van der Waals surface area contributed by atoms with Crippen LogP contribution in [0, 0.1) is 4.91 Å². The standard InChI is InChI=1S/C14H10ClN3O3/c15-13-7-2-1-6-12(13)14(19)17-16-9-10-4-3-5-11(8-10)18(20)21/h1-9H,(H-,17,19,20,21)/p+1/b16-9+. The maximum atomic E-state index is 11.8. The monoisotopic (exact) mass is 304 g/mol. The van der Waals surface area contributed by atoms with E-state index in [1.807, 2.05) is 0 Å². The van der Waals surface area contributed by atoms with Gasteiger partial charge in [0.25, 0.3) is 10.8 Å². The zero-order valence-electron chi connectivity index (χ0n) is 10.7. The van der Waals surface area contributed by atoms with Gasteiger partial charge in [-0.2, -0.15) is 5.10 Å². The fourth-order valence-electron chi connectivity index (χ4n) is 1.60. The van der Waals surface area contributed by atoms with Gasteiger partial charge in [-0.1, -0.05) is 35.9 Å². The van der Waals surface area contributed by atoms with E-state index in [9.17, 15) is 9.70 Å². The molecule has 0 unspecified atom stereocenters. The van der Waals surface area contributed by atoms with E-state index < -0.39 is 5.91 Å². The maximum absolute atomic E-state index is 11.8. The van der Waals surface area contributed by atoms with Crippen molar-refractivity contribution in [3.63, 3.8) is 0 Å². The van der Waals surface area contributed by atoms with Crippen molar-refractivity contribution in [2.75, 3.05) is 0 Å². The Balaban J connectivity index is 2.06. The lowest BCUT2D eigenvalue weighted by atomic mass is 10.2. The van der Waals surface area contributed by atoms with Crippen LogP contribution in [0.4, 0.5) is 5.69 Å². The molecule has 0 spiro atoms. The molecule has 2 N–H and O–H groups in total. The van der Waals surface area contributed by atoms with Gasteiger partial charge < -0.3 is 0 Å². The number of benzene rings is 2. The number of hydrogen-bond acceptors (Lipinski definition) is 3. The highest BCUT2D eigenvalue weighted by Crippen LogP contribution is 2.14. The summed E-state index contributed by atoms with van der Waals surface area (Å²) >= 11 is 5.89. The molecule has 0 bridgehead atoms. The van der Waals surface area contributed by atoms with E-state index in [2.05, 4.69) is 10.5 Å². The predicted molar refractivity (Wildman–Crippen MR) is 78.0 cm³/mol. The van der Waals surface area contributed by atoms with E-state index in [0.29, 0.717) is 16.1 Å². The fraction of sp³-hybridized carbons (Fsp3) is 0. The number of hydrogen-bond donors (Lipinski definition) is 2. The van der Waals surface area contributed by atoms with E-state index >= 15 is 0 Å². The van der Waals surface area contributed by atoms with Crippen molar-refractivity contribution < 1.29 is 14.9 Å². The topological polar surface area (TPSA) is 81.8 Å². The van der Waals surface area contributed by atoms with E-state index in [4.69, 9.17) is 16.8 Å². The third-order valence-electron chi connectivity index (χ3n) is 2.59. The van der Waals surface area contributed by atoms with Crippen LogP contribution in [0.15, 0.2) is 53.6 Å². The number of nitrogens with one attached hydrogen (secondary N) is 1. The number of hydrazone groups is 1. The van der Waals surface area contributed by atoms with Crippen molar-refractivity contribution in [3.8, 4) is 0 Å². The highest BCUT2D eigenvalue weighted by molar-refractivity contribution is 6.33. The van der Waals surface area contributed by atoms with Crippen LogP contribution >= 0.6 is 11.6 Å². The van der Waals surface area contributed by atoms with Gasteiger partial charge in [-0.15, -0.1) is 0 Å². The molecule has 1 amide bonds. The average molecular weight is 305 g/mol. The predicted octanol–water partition coefficient (Wildman–Crippen LogP) is 2.90. The lowest BCUT2D eigenvalue weighted by Gasteiger charge is -2.01. The Labute approximate surface area is 125 Å². The van der Waals surface area contributed by atoms with Gasteiger partial charge in [-0.05, 0) is 12.1 Å². The molecule has 106 valence electrons. The molecule has 0 radical (unpaired) electrons. The molecule has 0 aliphatic heterocycles. The van der Waals surface area contributed by atoms with Crippen LogP contribution < -0.4 is 5.43 Å². The molecule has 2 rings (SSSR count). The summed E-state index contributed by atoms with van der Waals surface area (Å²) in [5.41, 5.74) is 3.25. The molecule has 0 atom stereocenters. The van der Waals surface area contributed by atoms with Gasteiger partial charge in [0.2, 0.25) is 0 Å². The zero-order valence-corrected chi connectivity index (χ0v) is 11.5. The fourth-order valence-corrected chi connectivity index (χ4v) is 1.82. The van der Waals surface area contributed by atoms with Gasteiger partial charge in [0.15, 0.2) is 0 Å². The molecule has 0 aliphatic carbocycles. The molecule has 0 aromatic heterocycles. The summed E-state index contributed by atoms with van der Waals surface area (Å²) in [6, 6.07) is 12.7. The SMILES string of the molecule is O=C(N/N=C/c1cccc([N+](=O)O)c1)c1ccccc1Cl. The first-order valence-corrected chi connectivity index (χ1v) is 6.30. The Morgan fingerprint density at radius 1 is 1.24 bits per heavy atom.